The monoisotopic (exact) mass is 391 g/mol. The number of piperidine rings is 1. The second-order valence-corrected chi connectivity index (χ2v) is 7.50. The smallest absolute Gasteiger partial charge is 0.191 e. The van der Waals surface area contributed by atoms with Gasteiger partial charge in [-0.25, -0.2) is 4.39 Å². The van der Waals surface area contributed by atoms with Crippen molar-refractivity contribution in [1.82, 2.24) is 20.4 Å². The van der Waals surface area contributed by atoms with E-state index in [1.165, 1.54) is 44.5 Å². The minimum Gasteiger partial charge on any atom is -0.379 e. The molecule has 28 heavy (non-hydrogen) atoms. The number of morpholine rings is 1. The molecule has 2 saturated heterocycles. The molecule has 2 aliphatic heterocycles. The second kappa shape index (κ2) is 11.3. The zero-order valence-corrected chi connectivity index (χ0v) is 17.0. The number of likely N-dealkylation sites (tertiary alicyclic amines) is 1. The third-order valence-corrected chi connectivity index (χ3v) is 5.60. The molecule has 156 valence electrons. The summed E-state index contributed by atoms with van der Waals surface area (Å²) in [6.45, 7) is 8.30. The lowest BCUT2D eigenvalue weighted by atomic mass is 10.0. The molecule has 2 fully saturated rings. The zero-order valence-electron chi connectivity index (χ0n) is 17.0. The van der Waals surface area contributed by atoms with Crippen LogP contribution in [0.15, 0.2) is 29.3 Å². The van der Waals surface area contributed by atoms with Gasteiger partial charge in [0.2, 0.25) is 0 Å². The summed E-state index contributed by atoms with van der Waals surface area (Å²) in [5.74, 6) is 0.616. The number of guanidine groups is 1. The predicted octanol–water partition coefficient (Wildman–Crippen LogP) is 1.85. The van der Waals surface area contributed by atoms with Crippen LogP contribution in [0.1, 0.15) is 30.9 Å². The highest BCUT2D eigenvalue weighted by Gasteiger charge is 2.23. The van der Waals surface area contributed by atoms with E-state index in [-0.39, 0.29) is 11.9 Å². The summed E-state index contributed by atoms with van der Waals surface area (Å²) in [6, 6.07) is 6.99. The Morgan fingerprint density at radius 3 is 2.46 bits per heavy atom. The van der Waals surface area contributed by atoms with Crippen LogP contribution in [-0.2, 0) is 4.74 Å². The first kappa shape index (κ1) is 21.0. The van der Waals surface area contributed by atoms with Crippen molar-refractivity contribution in [1.29, 1.82) is 0 Å². The normalized spacial score (nSPS) is 20.7. The summed E-state index contributed by atoms with van der Waals surface area (Å²) in [5.41, 5.74) is 1.11. The maximum absolute atomic E-state index is 13.4. The molecule has 3 rings (SSSR count). The quantitative estimate of drug-likeness (QED) is 0.549. The molecule has 1 unspecified atom stereocenters. The first-order valence-electron chi connectivity index (χ1n) is 10.5. The van der Waals surface area contributed by atoms with Gasteiger partial charge >= 0.3 is 0 Å². The highest BCUT2D eigenvalue weighted by atomic mass is 19.1. The minimum atomic E-state index is -0.201. The van der Waals surface area contributed by atoms with Crippen LogP contribution in [0, 0.1) is 5.82 Å². The number of aliphatic imine (C=N–C) groups is 1. The molecule has 1 aromatic rings. The molecule has 0 saturated carbocycles. The zero-order chi connectivity index (χ0) is 19.6. The van der Waals surface area contributed by atoms with E-state index in [0.717, 1.165) is 57.5 Å². The fourth-order valence-electron chi connectivity index (χ4n) is 3.96. The lowest BCUT2D eigenvalue weighted by Crippen LogP contribution is -2.47. The average molecular weight is 392 g/mol. The van der Waals surface area contributed by atoms with E-state index in [0.29, 0.717) is 0 Å². The van der Waals surface area contributed by atoms with Crippen LogP contribution in [0.4, 0.5) is 4.39 Å². The topological polar surface area (TPSA) is 52.1 Å². The number of benzene rings is 1. The summed E-state index contributed by atoms with van der Waals surface area (Å²) in [6.07, 6.45) is 3.98. The SMILES string of the molecule is CN=C(NCCN1CCCCC1)NCC(c1ccc(F)cc1)N1CCOCC1. The third kappa shape index (κ3) is 6.43. The molecule has 0 aromatic heterocycles. The van der Waals surface area contributed by atoms with E-state index in [1.54, 1.807) is 7.05 Å². The molecule has 0 aliphatic carbocycles. The number of nitrogens with zero attached hydrogens (tertiary/aromatic N) is 3. The Morgan fingerprint density at radius 2 is 1.79 bits per heavy atom. The summed E-state index contributed by atoms with van der Waals surface area (Å²) in [7, 11) is 1.80. The first-order chi connectivity index (χ1) is 13.8. The summed E-state index contributed by atoms with van der Waals surface area (Å²) >= 11 is 0. The van der Waals surface area contributed by atoms with Crippen molar-refractivity contribution in [2.24, 2.45) is 4.99 Å². The van der Waals surface area contributed by atoms with Crippen LogP contribution in [0.3, 0.4) is 0 Å². The van der Waals surface area contributed by atoms with Gasteiger partial charge < -0.3 is 20.3 Å². The van der Waals surface area contributed by atoms with Crippen LogP contribution in [-0.4, -0.2) is 81.8 Å². The molecule has 6 nitrogen and oxygen atoms in total. The highest BCUT2D eigenvalue weighted by molar-refractivity contribution is 5.79. The maximum Gasteiger partial charge on any atom is 0.191 e. The van der Waals surface area contributed by atoms with Gasteiger partial charge in [-0.1, -0.05) is 18.6 Å². The molecule has 7 heteroatoms. The van der Waals surface area contributed by atoms with Crippen LogP contribution < -0.4 is 10.6 Å². The molecular formula is C21H34FN5O. The van der Waals surface area contributed by atoms with E-state index in [4.69, 9.17) is 4.74 Å². The van der Waals surface area contributed by atoms with Gasteiger partial charge in [-0.3, -0.25) is 9.89 Å². The predicted molar refractivity (Wildman–Crippen MR) is 111 cm³/mol. The minimum absolute atomic E-state index is 0.158. The van der Waals surface area contributed by atoms with Crippen LogP contribution in [0.25, 0.3) is 0 Å². The van der Waals surface area contributed by atoms with Crippen molar-refractivity contribution in [2.45, 2.75) is 25.3 Å². The highest BCUT2D eigenvalue weighted by Crippen LogP contribution is 2.21. The molecule has 1 atom stereocenters. The van der Waals surface area contributed by atoms with Gasteiger partial charge in [0.1, 0.15) is 5.82 Å². The Balaban J connectivity index is 1.52. The van der Waals surface area contributed by atoms with Crippen LogP contribution in [0.2, 0.25) is 0 Å². The molecule has 0 amide bonds. The van der Waals surface area contributed by atoms with Crippen LogP contribution in [0.5, 0.6) is 0 Å². The Morgan fingerprint density at radius 1 is 1.07 bits per heavy atom. The van der Waals surface area contributed by atoms with E-state index in [9.17, 15) is 4.39 Å². The summed E-state index contributed by atoms with van der Waals surface area (Å²) in [4.78, 5) is 9.27. The molecule has 0 bridgehead atoms. The van der Waals surface area contributed by atoms with E-state index in [2.05, 4.69) is 25.4 Å². The Labute approximate surface area is 168 Å². The number of nitrogens with one attached hydrogen (secondary N) is 2. The van der Waals surface area contributed by atoms with Gasteiger partial charge in [0.25, 0.3) is 0 Å². The third-order valence-electron chi connectivity index (χ3n) is 5.60. The number of hydrogen-bond acceptors (Lipinski definition) is 4. The van der Waals surface area contributed by atoms with Gasteiger partial charge in [-0.2, -0.15) is 0 Å². The lowest BCUT2D eigenvalue weighted by Gasteiger charge is -2.35. The second-order valence-electron chi connectivity index (χ2n) is 7.50. The van der Waals surface area contributed by atoms with E-state index in [1.807, 2.05) is 12.1 Å². The van der Waals surface area contributed by atoms with Crippen molar-refractivity contribution in [3.05, 3.63) is 35.6 Å². The standard InChI is InChI=1S/C21H34FN5O/c1-23-21(24-9-12-26-10-3-2-4-11-26)25-17-20(27-13-15-28-16-14-27)18-5-7-19(22)8-6-18/h5-8,20H,2-4,9-17H2,1H3,(H2,23,24,25). The lowest BCUT2D eigenvalue weighted by molar-refractivity contribution is 0.0170. The van der Waals surface area contributed by atoms with Gasteiger partial charge in [0, 0.05) is 39.8 Å². The van der Waals surface area contributed by atoms with E-state index >= 15 is 0 Å². The van der Waals surface area contributed by atoms with Gasteiger partial charge in [-0.15, -0.1) is 0 Å². The summed E-state index contributed by atoms with van der Waals surface area (Å²) in [5, 5.41) is 6.89. The van der Waals surface area contributed by atoms with Crippen molar-refractivity contribution in [2.75, 3.05) is 66.1 Å². The van der Waals surface area contributed by atoms with Gasteiger partial charge in [-0.05, 0) is 43.6 Å². The molecule has 1 aromatic carbocycles. The van der Waals surface area contributed by atoms with Crippen LogP contribution >= 0.6 is 0 Å². The fraction of sp³-hybridized carbons (Fsp3) is 0.667. The van der Waals surface area contributed by atoms with Crippen molar-refractivity contribution < 1.29 is 9.13 Å². The Hall–Kier alpha value is -1.70. The molecule has 2 aliphatic rings. The van der Waals surface area contributed by atoms with E-state index < -0.39 is 0 Å². The first-order valence-corrected chi connectivity index (χ1v) is 10.5. The number of rotatable bonds is 7. The maximum atomic E-state index is 13.4. The van der Waals surface area contributed by atoms with Crippen molar-refractivity contribution in [3.63, 3.8) is 0 Å². The molecule has 2 heterocycles. The molecule has 0 radical (unpaired) electrons. The number of hydrogen-bond donors (Lipinski definition) is 2. The molecular weight excluding hydrogens is 357 g/mol. The number of ether oxygens (including phenoxy) is 1. The van der Waals surface area contributed by atoms with Crippen molar-refractivity contribution >= 4 is 5.96 Å². The Kier molecular flexibility index (Phi) is 8.51. The number of halogens is 1. The largest absolute Gasteiger partial charge is 0.379 e. The molecule has 0 spiro atoms. The van der Waals surface area contributed by atoms with Gasteiger partial charge in [0.15, 0.2) is 5.96 Å². The molecule has 2 N–H and O–H groups in total. The average Bonchev–Trinajstić information content (AvgIpc) is 2.75. The summed E-state index contributed by atoms with van der Waals surface area (Å²) < 4.78 is 18.9. The Bertz CT molecular complexity index is 597. The fourth-order valence-corrected chi connectivity index (χ4v) is 3.96. The van der Waals surface area contributed by atoms with Crippen molar-refractivity contribution in [3.8, 4) is 0 Å². The van der Waals surface area contributed by atoms with Gasteiger partial charge in [0.05, 0.1) is 19.3 Å².